The number of nitro groups is 1. The van der Waals surface area contributed by atoms with E-state index < -0.39 is 4.92 Å². The normalized spacial score (nSPS) is 13.2. The van der Waals surface area contributed by atoms with Crippen LogP contribution < -0.4 is 4.74 Å². The molecule has 0 radical (unpaired) electrons. The van der Waals surface area contributed by atoms with Gasteiger partial charge in [-0.2, -0.15) is 0 Å². The third-order valence-corrected chi connectivity index (χ3v) is 4.69. The van der Waals surface area contributed by atoms with Gasteiger partial charge in [-0.05, 0) is 25.5 Å². The molecule has 0 saturated carbocycles. The number of fused-ring (bicyclic) bond motifs is 1. The third-order valence-electron chi connectivity index (χ3n) is 4.69. The number of hydrogen-bond donors (Lipinski definition) is 0. The molecule has 0 fully saturated rings. The van der Waals surface area contributed by atoms with Gasteiger partial charge in [-0.1, -0.05) is 6.92 Å². The lowest BCUT2D eigenvalue weighted by Crippen LogP contribution is -2.21. The number of carbonyl (C=O) groups excluding carboxylic acids is 2. The first-order valence-electron chi connectivity index (χ1n) is 8.82. The van der Waals surface area contributed by atoms with Crippen LogP contribution in [0.3, 0.4) is 0 Å². The number of rotatable bonds is 7. The van der Waals surface area contributed by atoms with E-state index in [0.29, 0.717) is 29.1 Å². The molecule has 146 valence electrons. The summed E-state index contributed by atoms with van der Waals surface area (Å²) in [6, 6.07) is 5.69. The largest absolute Gasteiger partial charge is 0.492 e. The van der Waals surface area contributed by atoms with Gasteiger partial charge in [-0.15, -0.1) is 0 Å². The minimum Gasteiger partial charge on any atom is -0.492 e. The van der Waals surface area contributed by atoms with Gasteiger partial charge in [0.2, 0.25) is 11.6 Å². The van der Waals surface area contributed by atoms with Crippen molar-refractivity contribution in [3.63, 3.8) is 0 Å². The molecule has 1 aromatic carbocycles. The second-order valence-electron chi connectivity index (χ2n) is 6.38. The number of hydrogen-bond acceptors (Lipinski definition) is 6. The van der Waals surface area contributed by atoms with Gasteiger partial charge in [-0.25, -0.2) is 0 Å². The SMILES string of the molecule is CCCn1c(C)c(COc2ccc([N+](=O)[O-])cc2)c2c1C(=O)C=C(OC)C2=O. The molecular weight excluding hydrogens is 364 g/mol. The number of carbonyl (C=O) groups is 2. The van der Waals surface area contributed by atoms with Crippen molar-refractivity contribution < 1.29 is 24.0 Å². The molecule has 0 spiro atoms. The first kappa shape index (κ1) is 19.3. The van der Waals surface area contributed by atoms with Gasteiger partial charge in [0.25, 0.3) is 5.69 Å². The summed E-state index contributed by atoms with van der Waals surface area (Å²) in [4.78, 5) is 35.7. The second-order valence-corrected chi connectivity index (χ2v) is 6.38. The van der Waals surface area contributed by atoms with E-state index in [-0.39, 0.29) is 29.6 Å². The van der Waals surface area contributed by atoms with E-state index in [1.165, 1.54) is 37.5 Å². The molecule has 0 unspecified atom stereocenters. The van der Waals surface area contributed by atoms with Gasteiger partial charge in [0, 0.05) is 36.0 Å². The fourth-order valence-electron chi connectivity index (χ4n) is 3.32. The van der Waals surface area contributed by atoms with Gasteiger partial charge < -0.3 is 14.0 Å². The summed E-state index contributed by atoms with van der Waals surface area (Å²) in [6.45, 7) is 4.49. The highest BCUT2D eigenvalue weighted by Gasteiger charge is 2.34. The molecule has 8 heteroatoms. The number of nitrogens with zero attached hydrogens (tertiary/aromatic N) is 2. The van der Waals surface area contributed by atoms with Gasteiger partial charge in [0.15, 0.2) is 5.76 Å². The zero-order chi connectivity index (χ0) is 20.4. The summed E-state index contributed by atoms with van der Waals surface area (Å²) in [5.74, 6) is -0.191. The van der Waals surface area contributed by atoms with Crippen molar-refractivity contribution >= 4 is 17.3 Å². The fourth-order valence-corrected chi connectivity index (χ4v) is 3.32. The lowest BCUT2D eigenvalue weighted by molar-refractivity contribution is -0.384. The van der Waals surface area contributed by atoms with E-state index in [1.807, 2.05) is 18.4 Å². The molecule has 0 atom stereocenters. The smallest absolute Gasteiger partial charge is 0.269 e. The Morgan fingerprint density at radius 3 is 2.43 bits per heavy atom. The predicted octanol–water partition coefficient (Wildman–Crippen LogP) is 3.60. The molecule has 3 rings (SSSR count). The minimum absolute atomic E-state index is 0.00253. The number of allylic oxidation sites excluding steroid dienone is 2. The van der Waals surface area contributed by atoms with Crippen LogP contribution in [0.1, 0.15) is 45.4 Å². The number of nitro benzene ring substituents is 1. The number of Topliss-reactive ketones (excluding diaryl/α,β-unsaturated/α-hetero) is 1. The average Bonchev–Trinajstić information content (AvgIpc) is 2.96. The second kappa shape index (κ2) is 7.67. The Morgan fingerprint density at radius 1 is 1.18 bits per heavy atom. The minimum atomic E-state index is -0.488. The molecular formula is C20H20N2O6. The van der Waals surface area contributed by atoms with Crippen molar-refractivity contribution in [3.8, 4) is 5.75 Å². The summed E-state index contributed by atoms with van der Waals surface area (Å²) < 4.78 is 12.7. The molecule has 0 aliphatic heterocycles. The summed E-state index contributed by atoms with van der Waals surface area (Å²) in [5.41, 5.74) is 2.01. The molecule has 0 N–H and O–H groups in total. The zero-order valence-electron chi connectivity index (χ0n) is 15.9. The van der Waals surface area contributed by atoms with E-state index in [2.05, 4.69) is 0 Å². The van der Waals surface area contributed by atoms with Crippen LogP contribution in [-0.2, 0) is 17.9 Å². The highest BCUT2D eigenvalue weighted by molar-refractivity contribution is 6.24. The van der Waals surface area contributed by atoms with Gasteiger partial charge in [-0.3, -0.25) is 19.7 Å². The molecule has 0 amide bonds. The Kier molecular flexibility index (Phi) is 5.30. The Balaban J connectivity index is 1.97. The first-order valence-corrected chi connectivity index (χ1v) is 8.82. The van der Waals surface area contributed by atoms with Crippen LogP contribution in [0.15, 0.2) is 36.1 Å². The molecule has 2 aromatic rings. The summed E-state index contributed by atoms with van der Waals surface area (Å²) in [7, 11) is 1.35. The molecule has 1 heterocycles. The van der Waals surface area contributed by atoms with Crippen molar-refractivity contribution in [1.82, 2.24) is 4.57 Å². The lowest BCUT2D eigenvalue weighted by Gasteiger charge is -2.14. The Morgan fingerprint density at radius 2 is 1.86 bits per heavy atom. The number of aromatic nitrogens is 1. The Hall–Kier alpha value is -3.42. The van der Waals surface area contributed by atoms with Crippen LogP contribution in [0.4, 0.5) is 5.69 Å². The summed E-state index contributed by atoms with van der Waals surface area (Å²) in [5, 5.41) is 10.8. The van der Waals surface area contributed by atoms with Crippen LogP contribution in [0.25, 0.3) is 0 Å². The van der Waals surface area contributed by atoms with Crippen LogP contribution >= 0.6 is 0 Å². The van der Waals surface area contributed by atoms with Crippen LogP contribution in [0, 0.1) is 17.0 Å². The molecule has 8 nitrogen and oxygen atoms in total. The van der Waals surface area contributed by atoms with Crippen molar-refractivity contribution in [2.24, 2.45) is 0 Å². The van der Waals surface area contributed by atoms with E-state index in [1.54, 1.807) is 0 Å². The molecule has 0 saturated heterocycles. The Labute approximate surface area is 161 Å². The Bertz CT molecular complexity index is 985. The number of ketones is 2. The first-order chi connectivity index (χ1) is 13.4. The van der Waals surface area contributed by atoms with Crippen LogP contribution in [-0.4, -0.2) is 28.2 Å². The third kappa shape index (κ3) is 3.28. The molecule has 28 heavy (non-hydrogen) atoms. The zero-order valence-corrected chi connectivity index (χ0v) is 15.9. The number of ether oxygens (including phenoxy) is 2. The monoisotopic (exact) mass is 384 g/mol. The maximum atomic E-state index is 12.8. The molecule has 1 aromatic heterocycles. The maximum absolute atomic E-state index is 12.8. The van der Waals surface area contributed by atoms with Crippen molar-refractivity contribution in [2.75, 3.05) is 7.11 Å². The van der Waals surface area contributed by atoms with Gasteiger partial charge in [0.1, 0.15) is 18.1 Å². The topological polar surface area (TPSA) is 101 Å². The highest BCUT2D eigenvalue weighted by Crippen LogP contribution is 2.31. The number of methoxy groups -OCH3 is 1. The number of benzene rings is 1. The van der Waals surface area contributed by atoms with E-state index in [9.17, 15) is 19.7 Å². The lowest BCUT2D eigenvalue weighted by atomic mass is 9.96. The highest BCUT2D eigenvalue weighted by atomic mass is 16.6. The molecule has 1 aliphatic carbocycles. The summed E-state index contributed by atoms with van der Waals surface area (Å²) >= 11 is 0. The van der Waals surface area contributed by atoms with Crippen molar-refractivity contribution in [1.29, 1.82) is 0 Å². The van der Waals surface area contributed by atoms with Crippen molar-refractivity contribution in [2.45, 2.75) is 33.4 Å². The van der Waals surface area contributed by atoms with E-state index in [4.69, 9.17) is 9.47 Å². The maximum Gasteiger partial charge on any atom is 0.269 e. The molecule has 1 aliphatic rings. The average molecular weight is 384 g/mol. The summed E-state index contributed by atoms with van der Waals surface area (Å²) in [6.07, 6.45) is 2.02. The fraction of sp³-hybridized carbons (Fsp3) is 0.300. The predicted molar refractivity (Wildman–Crippen MR) is 101 cm³/mol. The standard InChI is InChI=1S/C20H20N2O6/c1-4-9-21-12(2)15(11-28-14-7-5-13(6-8-14)22(25)26)18-19(21)16(23)10-17(27-3)20(18)24/h5-8,10H,4,9,11H2,1-3H3. The van der Waals surface area contributed by atoms with Gasteiger partial charge >= 0.3 is 0 Å². The van der Waals surface area contributed by atoms with Crippen LogP contribution in [0.2, 0.25) is 0 Å². The van der Waals surface area contributed by atoms with Crippen molar-refractivity contribution in [3.05, 3.63) is 68.7 Å². The van der Waals surface area contributed by atoms with E-state index >= 15 is 0 Å². The van der Waals surface area contributed by atoms with E-state index in [0.717, 1.165) is 12.1 Å². The van der Waals surface area contributed by atoms with Crippen LogP contribution in [0.5, 0.6) is 5.75 Å². The number of non-ortho nitro benzene ring substituents is 1. The van der Waals surface area contributed by atoms with Gasteiger partial charge in [0.05, 0.1) is 17.6 Å². The quantitative estimate of drug-likeness (QED) is 0.534. The molecule has 0 bridgehead atoms.